The molecule has 0 spiro atoms. The first kappa shape index (κ1) is 19.4. The molecule has 2 amide bonds. The molecule has 0 aliphatic heterocycles. The van der Waals surface area contributed by atoms with Gasteiger partial charge in [0, 0.05) is 24.0 Å². The summed E-state index contributed by atoms with van der Waals surface area (Å²) in [6.45, 7) is 2.06. The fraction of sp³-hybridized carbons (Fsp3) is 0.150. The van der Waals surface area contributed by atoms with Gasteiger partial charge in [0.15, 0.2) is 0 Å². The van der Waals surface area contributed by atoms with Crippen LogP contribution in [0.2, 0.25) is 5.02 Å². The standard InChI is InChI=1S/C20H19ClN4O3/c1-3-28-19(26)13-7-9-15(10-8-13)23-20(27)24-16-6-4-5-14(11-16)18-17(21)12-22-25(18)2/h4-12H,3H2,1-2H3,(H2,23,24,27). The highest BCUT2D eigenvalue weighted by molar-refractivity contribution is 6.33. The molecule has 0 saturated heterocycles. The first-order chi connectivity index (χ1) is 13.5. The molecule has 0 aliphatic rings. The van der Waals surface area contributed by atoms with Gasteiger partial charge in [-0.1, -0.05) is 23.7 Å². The Hall–Kier alpha value is -3.32. The molecule has 0 unspecified atom stereocenters. The summed E-state index contributed by atoms with van der Waals surface area (Å²) in [5.74, 6) is -0.399. The van der Waals surface area contributed by atoms with Gasteiger partial charge in [-0.05, 0) is 43.3 Å². The minimum atomic E-state index is -0.405. The molecule has 1 aromatic heterocycles. The van der Waals surface area contributed by atoms with Crippen LogP contribution in [-0.2, 0) is 11.8 Å². The zero-order valence-electron chi connectivity index (χ0n) is 15.4. The van der Waals surface area contributed by atoms with Gasteiger partial charge in [-0.3, -0.25) is 4.68 Å². The molecule has 3 aromatic rings. The first-order valence-corrected chi connectivity index (χ1v) is 8.99. The average molecular weight is 399 g/mol. The van der Waals surface area contributed by atoms with Gasteiger partial charge in [-0.25, -0.2) is 9.59 Å². The van der Waals surface area contributed by atoms with Crippen LogP contribution in [0.1, 0.15) is 17.3 Å². The SMILES string of the molecule is CCOC(=O)c1ccc(NC(=O)Nc2cccc(-c3c(Cl)cnn3C)c2)cc1. The Morgan fingerprint density at radius 3 is 2.46 bits per heavy atom. The summed E-state index contributed by atoms with van der Waals surface area (Å²) in [4.78, 5) is 23.9. The number of urea groups is 1. The molecule has 2 aromatic carbocycles. The number of aryl methyl sites for hydroxylation is 1. The van der Waals surface area contributed by atoms with Crippen molar-refractivity contribution in [3.05, 3.63) is 65.3 Å². The fourth-order valence-corrected chi connectivity index (χ4v) is 2.95. The largest absolute Gasteiger partial charge is 0.462 e. The number of amides is 2. The zero-order chi connectivity index (χ0) is 20.1. The number of carbonyl (C=O) groups excluding carboxylic acids is 2. The quantitative estimate of drug-likeness (QED) is 0.617. The second-order valence-electron chi connectivity index (χ2n) is 5.92. The van der Waals surface area contributed by atoms with E-state index in [4.69, 9.17) is 16.3 Å². The van der Waals surface area contributed by atoms with Gasteiger partial charge in [-0.15, -0.1) is 0 Å². The summed E-state index contributed by atoms with van der Waals surface area (Å²) in [5.41, 5.74) is 3.18. The zero-order valence-corrected chi connectivity index (χ0v) is 16.2. The van der Waals surface area contributed by atoms with Crippen molar-refractivity contribution in [3.8, 4) is 11.3 Å². The monoisotopic (exact) mass is 398 g/mol. The Morgan fingerprint density at radius 1 is 1.11 bits per heavy atom. The van der Waals surface area contributed by atoms with Crippen molar-refractivity contribution in [1.29, 1.82) is 0 Å². The summed E-state index contributed by atoms with van der Waals surface area (Å²) in [6, 6.07) is 13.4. The van der Waals surface area contributed by atoms with Crippen LogP contribution in [0.5, 0.6) is 0 Å². The smallest absolute Gasteiger partial charge is 0.338 e. The van der Waals surface area contributed by atoms with Crippen LogP contribution in [0.25, 0.3) is 11.3 Å². The van der Waals surface area contributed by atoms with Crippen molar-refractivity contribution in [2.45, 2.75) is 6.92 Å². The fourth-order valence-electron chi connectivity index (χ4n) is 2.68. The highest BCUT2D eigenvalue weighted by Gasteiger charge is 2.11. The number of nitrogens with zero attached hydrogens (tertiary/aromatic N) is 2. The van der Waals surface area contributed by atoms with Crippen LogP contribution in [0.15, 0.2) is 54.7 Å². The van der Waals surface area contributed by atoms with Gasteiger partial charge in [0.05, 0.1) is 29.1 Å². The molecule has 0 bridgehead atoms. The molecule has 0 saturated carbocycles. The summed E-state index contributed by atoms with van der Waals surface area (Å²) < 4.78 is 6.61. The number of hydrogen-bond acceptors (Lipinski definition) is 4. The van der Waals surface area contributed by atoms with E-state index in [1.165, 1.54) is 0 Å². The molecule has 0 aliphatic carbocycles. The van der Waals surface area contributed by atoms with E-state index in [9.17, 15) is 9.59 Å². The number of anilines is 2. The normalized spacial score (nSPS) is 10.4. The van der Waals surface area contributed by atoms with Crippen LogP contribution in [0.3, 0.4) is 0 Å². The maximum Gasteiger partial charge on any atom is 0.338 e. The lowest BCUT2D eigenvalue weighted by molar-refractivity contribution is 0.0526. The van der Waals surface area contributed by atoms with Gasteiger partial charge in [0.1, 0.15) is 0 Å². The highest BCUT2D eigenvalue weighted by Crippen LogP contribution is 2.28. The number of nitrogens with one attached hydrogen (secondary N) is 2. The predicted molar refractivity (Wildman–Crippen MR) is 109 cm³/mol. The molecule has 28 heavy (non-hydrogen) atoms. The first-order valence-electron chi connectivity index (χ1n) is 8.61. The minimum Gasteiger partial charge on any atom is -0.462 e. The molecule has 3 rings (SSSR count). The Balaban J connectivity index is 1.67. The van der Waals surface area contributed by atoms with E-state index in [-0.39, 0.29) is 0 Å². The van der Waals surface area contributed by atoms with Crippen LogP contribution in [-0.4, -0.2) is 28.4 Å². The highest BCUT2D eigenvalue weighted by atomic mass is 35.5. The summed E-state index contributed by atoms with van der Waals surface area (Å²) in [6.07, 6.45) is 1.57. The van der Waals surface area contributed by atoms with E-state index in [0.29, 0.717) is 28.6 Å². The van der Waals surface area contributed by atoms with Gasteiger partial charge in [0.25, 0.3) is 0 Å². The van der Waals surface area contributed by atoms with Gasteiger partial charge < -0.3 is 15.4 Å². The maximum absolute atomic E-state index is 12.3. The Morgan fingerprint density at radius 2 is 1.82 bits per heavy atom. The molecule has 2 N–H and O–H groups in total. The topological polar surface area (TPSA) is 85.2 Å². The number of hydrogen-bond donors (Lipinski definition) is 2. The summed E-state index contributed by atoms with van der Waals surface area (Å²) in [7, 11) is 1.80. The number of carbonyl (C=O) groups is 2. The van der Waals surface area contributed by atoms with Crippen LogP contribution in [0.4, 0.5) is 16.2 Å². The molecule has 1 heterocycles. The molecular weight excluding hydrogens is 380 g/mol. The van der Waals surface area contributed by atoms with Gasteiger partial charge in [-0.2, -0.15) is 5.10 Å². The van der Waals surface area contributed by atoms with E-state index >= 15 is 0 Å². The third kappa shape index (κ3) is 4.50. The number of aromatic nitrogens is 2. The van der Waals surface area contributed by atoms with Gasteiger partial charge >= 0.3 is 12.0 Å². The Bertz CT molecular complexity index is 979. The molecule has 0 radical (unpaired) electrons. The molecule has 0 atom stereocenters. The molecule has 0 fully saturated rings. The third-order valence-electron chi connectivity index (χ3n) is 3.94. The number of benzene rings is 2. The van der Waals surface area contributed by atoms with E-state index in [0.717, 1.165) is 11.3 Å². The average Bonchev–Trinajstić information content (AvgIpc) is 3.01. The van der Waals surface area contributed by atoms with Crippen LogP contribution < -0.4 is 10.6 Å². The van der Waals surface area contributed by atoms with Crippen molar-refractivity contribution in [2.75, 3.05) is 17.2 Å². The van der Waals surface area contributed by atoms with Crippen molar-refractivity contribution >= 4 is 35.0 Å². The third-order valence-corrected chi connectivity index (χ3v) is 4.22. The van der Waals surface area contributed by atoms with E-state index in [2.05, 4.69) is 15.7 Å². The number of rotatable bonds is 5. The summed E-state index contributed by atoms with van der Waals surface area (Å²) >= 11 is 6.18. The van der Waals surface area contributed by atoms with Crippen molar-refractivity contribution in [1.82, 2.24) is 9.78 Å². The minimum absolute atomic E-state index is 0.310. The number of halogens is 1. The Labute approximate surface area is 167 Å². The van der Waals surface area contributed by atoms with E-state index < -0.39 is 12.0 Å². The van der Waals surface area contributed by atoms with Gasteiger partial charge in [0.2, 0.25) is 0 Å². The van der Waals surface area contributed by atoms with Crippen molar-refractivity contribution < 1.29 is 14.3 Å². The molecule has 7 nitrogen and oxygen atoms in total. The lowest BCUT2D eigenvalue weighted by atomic mass is 10.1. The van der Waals surface area contributed by atoms with E-state index in [1.807, 2.05) is 18.2 Å². The van der Waals surface area contributed by atoms with Crippen molar-refractivity contribution in [3.63, 3.8) is 0 Å². The maximum atomic E-state index is 12.3. The summed E-state index contributed by atoms with van der Waals surface area (Å²) in [5, 5.41) is 10.1. The second-order valence-corrected chi connectivity index (χ2v) is 6.33. The van der Waals surface area contributed by atoms with Crippen molar-refractivity contribution in [2.24, 2.45) is 7.05 Å². The lowest BCUT2D eigenvalue weighted by Gasteiger charge is -2.10. The number of ether oxygens (including phenoxy) is 1. The van der Waals surface area contributed by atoms with Crippen LogP contribution in [0, 0.1) is 0 Å². The predicted octanol–water partition coefficient (Wildman–Crippen LogP) is 4.56. The van der Waals surface area contributed by atoms with E-state index in [1.54, 1.807) is 55.2 Å². The Kier molecular flexibility index (Phi) is 5.96. The molecule has 8 heteroatoms. The second kappa shape index (κ2) is 8.58. The lowest BCUT2D eigenvalue weighted by Crippen LogP contribution is -2.19. The number of esters is 1. The molecular formula is C20H19ClN4O3. The molecule has 144 valence electrons. The van der Waals surface area contributed by atoms with Crippen LogP contribution >= 0.6 is 11.6 Å².